The molecule has 5 nitrogen and oxygen atoms in total. The van der Waals surface area contributed by atoms with Crippen molar-refractivity contribution < 1.29 is 15.3 Å². The van der Waals surface area contributed by atoms with Crippen molar-refractivity contribution in [1.29, 1.82) is 0 Å². The van der Waals surface area contributed by atoms with Crippen molar-refractivity contribution in [1.82, 2.24) is 4.90 Å². The fraction of sp³-hybridized carbons (Fsp3) is 0.909. The Bertz CT molecular complexity index is 300. The maximum absolute atomic E-state index is 9.96. The zero-order chi connectivity index (χ0) is 12.4. The number of amidine groups is 1. The van der Waals surface area contributed by atoms with Crippen LogP contribution in [0.1, 0.15) is 26.2 Å². The van der Waals surface area contributed by atoms with Gasteiger partial charge in [0.05, 0.1) is 12.1 Å². The van der Waals surface area contributed by atoms with E-state index in [0.717, 1.165) is 24.6 Å². The van der Waals surface area contributed by atoms with Gasteiger partial charge in [0.2, 0.25) is 0 Å². The third-order valence-electron chi connectivity index (χ3n) is 3.28. The van der Waals surface area contributed by atoms with Crippen LogP contribution in [-0.2, 0) is 0 Å². The van der Waals surface area contributed by atoms with Crippen LogP contribution in [0, 0.1) is 0 Å². The Hall–Kier alpha value is -0.300. The molecule has 0 radical (unpaired) electrons. The van der Waals surface area contributed by atoms with Gasteiger partial charge in [-0.15, -0.1) is 0 Å². The summed E-state index contributed by atoms with van der Waals surface area (Å²) in [5.41, 5.74) is 0. The van der Waals surface area contributed by atoms with Gasteiger partial charge in [-0.2, -0.15) is 0 Å². The lowest BCUT2D eigenvalue weighted by Crippen LogP contribution is -2.58. The molecule has 2 heterocycles. The van der Waals surface area contributed by atoms with Crippen LogP contribution in [0.25, 0.3) is 0 Å². The first-order chi connectivity index (χ1) is 8.15. The van der Waals surface area contributed by atoms with Crippen LogP contribution in [0.2, 0.25) is 0 Å². The largest absolute Gasteiger partial charge is 0.390 e. The van der Waals surface area contributed by atoms with Gasteiger partial charge in [0.15, 0.2) is 5.17 Å². The Morgan fingerprint density at radius 2 is 2.18 bits per heavy atom. The fourth-order valence-corrected chi connectivity index (χ4v) is 3.52. The maximum Gasteiger partial charge on any atom is 0.161 e. The van der Waals surface area contributed by atoms with Crippen molar-refractivity contribution in [3.63, 3.8) is 0 Å². The van der Waals surface area contributed by atoms with Crippen LogP contribution < -0.4 is 0 Å². The molecule has 0 spiro atoms. The van der Waals surface area contributed by atoms with Gasteiger partial charge in [-0.3, -0.25) is 4.99 Å². The molecule has 0 bridgehead atoms. The monoisotopic (exact) mass is 260 g/mol. The van der Waals surface area contributed by atoms with Crippen LogP contribution >= 0.6 is 11.8 Å². The summed E-state index contributed by atoms with van der Waals surface area (Å²) in [5, 5.41) is 30.3. The second-order valence-electron chi connectivity index (χ2n) is 4.58. The van der Waals surface area contributed by atoms with Gasteiger partial charge in [0.25, 0.3) is 0 Å². The molecule has 2 rings (SSSR count). The van der Waals surface area contributed by atoms with E-state index < -0.39 is 18.4 Å². The Morgan fingerprint density at radius 3 is 2.88 bits per heavy atom. The van der Waals surface area contributed by atoms with E-state index in [1.165, 1.54) is 0 Å². The minimum absolute atomic E-state index is 0.186. The molecule has 2 fully saturated rings. The molecule has 2 aliphatic rings. The number of fused-ring (bicyclic) bond motifs is 1. The normalized spacial score (nSPS) is 39.8. The van der Waals surface area contributed by atoms with Crippen molar-refractivity contribution in [3.05, 3.63) is 0 Å². The number of hydrogen-bond donors (Lipinski definition) is 3. The minimum atomic E-state index is -0.832. The quantitative estimate of drug-likeness (QED) is 0.623. The molecule has 0 amide bonds. The van der Waals surface area contributed by atoms with Crippen molar-refractivity contribution in [2.24, 2.45) is 4.99 Å². The zero-order valence-electron chi connectivity index (χ0n) is 9.99. The van der Waals surface area contributed by atoms with E-state index in [1.54, 1.807) is 16.7 Å². The van der Waals surface area contributed by atoms with Crippen LogP contribution in [0.3, 0.4) is 0 Å². The molecule has 0 aromatic carbocycles. The number of aliphatic imine (C=N–C) groups is 1. The standard InChI is InChI=1S/C11H20N2O3S/c1-2-3-4-12-11-13-7(6-17-11)10(16)8(14)5-9(13)15/h7-10,14-16H,2-6H2,1H3/t7?,8?,9-,10-/m1/s1. The highest BCUT2D eigenvalue weighted by molar-refractivity contribution is 8.14. The Balaban J connectivity index is 2.07. The van der Waals surface area contributed by atoms with E-state index in [2.05, 4.69) is 11.9 Å². The average Bonchev–Trinajstić information content (AvgIpc) is 2.71. The molecular weight excluding hydrogens is 240 g/mol. The number of aliphatic hydroxyl groups is 3. The first-order valence-corrected chi connectivity index (χ1v) is 7.13. The van der Waals surface area contributed by atoms with E-state index in [0.29, 0.717) is 5.75 Å². The number of aliphatic hydroxyl groups excluding tert-OH is 3. The third-order valence-corrected chi connectivity index (χ3v) is 4.39. The van der Waals surface area contributed by atoms with Gasteiger partial charge in [-0.05, 0) is 6.42 Å². The summed E-state index contributed by atoms with van der Waals surface area (Å²) in [6.07, 6.45) is -0.0377. The second-order valence-corrected chi connectivity index (χ2v) is 5.56. The lowest BCUT2D eigenvalue weighted by molar-refractivity contribution is -0.118. The number of unbranched alkanes of at least 4 members (excludes halogenated alkanes) is 1. The molecule has 4 atom stereocenters. The molecule has 2 aliphatic heterocycles. The molecule has 2 saturated heterocycles. The molecule has 0 saturated carbocycles. The van der Waals surface area contributed by atoms with Gasteiger partial charge < -0.3 is 20.2 Å². The van der Waals surface area contributed by atoms with E-state index in [1.807, 2.05) is 0 Å². The molecule has 2 unspecified atom stereocenters. The number of rotatable bonds is 3. The summed E-state index contributed by atoms with van der Waals surface area (Å²) >= 11 is 1.55. The van der Waals surface area contributed by atoms with Gasteiger partial charge in [-0.1, -0.05) is 25.1 Å². The molecule has 0 aliphatic carbocycles. The van der Waals surface area contributed by atoms with E-state index in [9.17, 15) is 15.3 Å². The molecule has 0 aromatic heterocycles. The highest BCUT2D eigenvalue weighted by Gasteiger charge is 2.46. The van der Waals surface area contributed by atoms with Crippen molar-refractivity contribution in [2.75, 3.05) is 12.3 Å². The van der Waals surface area contributed by atoms with Gasteiger partial charge >= 0.3 is 0 Å². The van der Waals surface area contributed by atoms with Crippen molar-refractivity contribution in [2.45, 2.75) is 50.7 Å². The maximum atomic E-state index is 9.96. The fourth-order valence-electron chi connectivity index (χ4n) is 2.25. The number of nitrogens with zero attached hydrogens (tertiary/aromatic N) is 2. The van der Waals surface area contributed by atoms with E-state index >= 15 is 0 Å². The predicted molar refractivity (Wildman–Crippen MR) is 67.9 cm³/mol. The van der Waals surface area contributed by atoms with Gasteiger partial charge in [-0.25, -0.2) is 0 Å². The lowest BCUT2D eigenvalue weighted by atomic mass is 9.96. The molecule has 3 N–H and O–H groups in total. The molecule has 6 heteroatoms. The molecule has 98 valence electrons. The zero-order valence-corrected chi connectivity index (χ0v) is 10.8. The van der Waals surface area contributed by atoms with Crippen molar-refractivity contribution in [3.8, 4) is 0 Å². The second kappa shape index (κ2) is 5.56. The van der Waals surface area contributed by atoms with E-state index in [-0.39, 0.29) is 12.5 Å². The summed E-state index contributed by atoms with van der Waals surface area (Å²) in [6, 6.07) is -0.209. The number of thioether (sulfide) groups is 1. The summed E-state index contributed by atoms with van der Waals surface area (Å²) in [4.78, 5) is 6.22. The van der Waals surface area contributed by atoms with Crippen LogP contribution in [0.5, 0.6) is 0 Å². The lowest BCUT2D eigenvalue weighted by Gasteiger charge is -2.41. The Labute approximate surface area is 106 Å². The highest BCUT2D eigenvalue weighted by atomic mass is 32.2. The predicted octanol–water partition coefficient (Wildman–Crippen LogP) is 0.00380. The first kappa shape index (κ1) is 13.1. The summed E-state index contributed by atoms with van der Waals surface area (Å²) in [7, 11) is 0. The van der Waals surface area contributed by atoms with Crippen molar-refractivity contribution >= 4 is 16.9 Å². The average molecular weight is 260 g/mol. The molecular formula is C11H20N2O3S. The Morgan fingerprint density at radius 1 is 1.41 bits per heavy atom. The van der Waals surface area contributed by atoms with E-state index in [4.69, 9.17) is 0 Å². The highest BCUT2D eigenvalue weighted by Crippen LogP contribution is 2.34. The third kappa shape index (κ3) is 2.59. The minimum Gasteiger partial charge on any atom is -0.390 e. The SMILES string of the molecule is CCCCN=C1SCC2[C@@H](O)C(O)C[C@@H](O)N12. The molecule has 0 aromatic rings. The molecule has 17 heavy (non-hydrogen) atoms. The number of hydrogen-bond acceptors (Lipinski definition) is 5. The van der Waals surface area contributed by atoms with Gasteiger partial charge in [0, 0.05) is 18.7 Å². The smallest absolute Gasteiger partial charge is 0.161 e. The van der Waals surface area contributed by atoms with Crippen LogP contribution in [0.15, 0.2) is 4.99 Å². The van der Waals surface area contributed by atoms with Crippen LogP contribution in [-0.4, -0.2) is 62.2 Å². The first-order valence-electron chi connectivity index (χ1n) is 6.15. The number of piperidine rings is 1. The summed E-state index contributed by atoms with van der Waals surface area (Å²) < 4.78 is 0. The summed E-state index contributed by atoms with van der Waals surface area (Å²) in [5.74, 6) is 0.681. The van der Waals surface area contributed by atoms with Gasteiger partial charge in [0.1, 0.15) is 12.3 Å². The Kier molecular flexibility index (Phi) is 4.30. The topological polar surface area (TPSA) is 76.3 Å². The summed E-state index contributed by atoms with van der Waals surface area (Å²) in [6.45, 7) is 2.87. The van der Waals surface area contributed by atoms with Crippen LogP contribution in [0.4, 0.5) is 0 Å².